The molecule has 0 aliphatic carbocycles. The van der Waals surface area contributed by atoms with E-state index in [0.717, 1.165) is 0 Å². The van der Waals surface area contributed by atoms with Crippen LogP contribution in [0.1, 0.15) is 64.4 Å². The molecule has 3 rings (SSSR count). The standard InChI is InChI=1S/C27H36N6O5/c1-15(2)12-20(32-25(37)21-14-29-17-8-6-7-9-18(17)30-21)24(36)31-19(13-16-10-11-28-23(16)35)22(34)26(38)33-27(3,4)5/h6-9,14-16,19-20H,10-13H2,1-5H3,(H,28,35)(H,31,36)(H,32,37)(H,33,38)/t16-,19-,20-/m0/s1. The Morgan fingerprint density at radius 1 is 1.05 bits per heavy atom. The molecule has 1 fully saturated rings. The minimum atomic E-state index is -1.23. The second-order valence-corrected chi connectivity index (χ2v) is 11.0. The molecule has 1 aromatic heterocycles. The van der Waals surface area contributed by atoms with E-state index < -0.39 is 47.0 Å². The Morgan fingerprint density at radius 2 is 1.74 bits per heavy atom. The molecule has 0 saturated carbocycles. The van der Waals surface area contributed by atoms with Gasteiger partial charge < -0.3 is 21.3 Å². The lowest BCUT2D eigenvalue weighted by atomic mass is 9.94. The van der Waals surface area contributed by atoms with Gasteiger partial charge >= 0.3 is 0 Å². The highest BCUT2D eigenvalue weighted by molar-refractivity contribution is 6.38. The second kappa shape index (κ2) is 12.1. The molecule has 11 heteroatoms. The Bertz CT molecular complexity index is 1220. The van der Waals surface area contributed by atoms with Crippen LogP contribution in [0.3, 0.4) is 0 Å². The lowest BCUT2D eigenvalue weighted by Crippen LogP contribution is -2.56. The van der Waals surface area contributed by atoms with Crippen LogP contribution in [0.5, 0.6) is 0 Å². The molecular weight excluding hydrogens is 488 g/mol. The van der Waals surface area contributed by atoms with Crippen LogP contribution in [0.4, 0.5) is 0 Å². The molecule has 0 radical (unpaired) electrons. The molecule has 1 aliphatic heterocycles. The van der Waals surface area contributed by atoms with Crippen LogP contribution in [-0.4, -0.2) is 63.5 Å². The Balaban J connectivity index is 1.79. The molecule has 0 bridgehead atoms. The third kappa shape index (κ3) is 7.80. The van der Waals surface area contributed by atoms with Gasteiger partial charge in [0, 0.05) is 18.0 Å². The minimum Gasteiger partial charge on any atom is -0.356 e. The van der Waals surface area contributed by atoms with E-state index in [-0.39, 0.29) is 30.4 Å². The molecule has 1 aromatic carbocycles. The smallest absolute Gasteiger partial charge is 0.290 e. The fraction of sp³-hybridized carbons (Fsp3) is 0.519. The Kier molecular flexibility index (Phi) is 9.13. The summed E-state index contributed by atoms with van der Waals surface area (Å²) in [5, 5.41) is 10.7. The van der Waals surface area contributed by atoms with Gasteiger partial charge in [0.2, 0.25) is 17.6 Å². The fourth-order valence-corrected chi connectivity index (χ4v) is 4.22. The van der Waals surface area contributed by atoms with Gasteiger partial charge in [0.05, 0.1) is 23.3 Å². The van der Waals surface area contributed by atoms with Crippen LogP contribution < -0.4 is 21.3 Å². The highest BCUT2D eigenvalue weighted by Gasteiger charge is 2.36. The lowest BCUT2D eigenvalue weighted by molar-refractivity contribution is -0.141. The maximum absolute atomic E-state index is 13.4. The molecular formula is C27H36N6O5. The maximum Gasteiger partial charge on any atom is 0.290 e. The summed E-state index contributed by atoms with van der Waals surface area (Å²) < 4.78 is 0. The van der Waals surface area contributed by atoms with Gasteiger partial charge in [-0.05, 0) is 58.1 Å². The van der Waals surface area contributed by atoms with Crippen molar-refractivity contribution in [3.63, 3.8) is 0 Å². The van der Waals surface area contributed by atoms with Gasteiger partial charge in [0.15, 0.2) is 0 Å². The van der Waals surface area contributed by atoms with Gasteiger partial charge in [-0.3, -0.25) is 29.0 Å². The number of amides is 4. The summed E-state index contributed by atoms with van der Waals surface area (Å²) in [4.78, 5) is 72.9. The number of hydrogen-bond acceptors (Lipinski definition) is 7. The molecule has 1 aliphatic rings. The quantitative estimate of drug-likeness (QED) is 0.341. The first-order chi connectivity index (χ1) is 17.8. The number of nitrogens with one attached hydrogen (secondary N) is 4. The molecule has 2 heterocycles. The molecule has 38 heavy (non-hydrogen) atoms. The average Bonchev–Trinajstić information content (AvgIpc) is 3.25. The fourth-order valence-electron chi connectivity index (χ4n) is 4.22. The van der Waals surface area contributed by atoms with Crippen molar-refractivity contribution < 1.29 is 24.0 Å². The number of benzene rings is 1. The SMILES string of the molecule is CC(C)C[C@H](NC(=O)c1cnc2ccccc2n1)C(=O)N[C@@H](C[C@@H]1CCNC1=O)C(=O)C(=O)NC(C)(C)C. The first-order valence-electron chi connectivity index (χ1n) is 12.8. The zero-order chi connectivity index (χ0) is 28.0. The second-order valence-electron chi connectivity index (χ2n) is 11.0. The average molecular weight is 525 g/mol. The van der Waals surface area contributed by atoms with Gasteiger partial charge in [-0.15, -0.1) is 0 Å². The molecule has 4 amide bonds. The van der Waals surface area contributed by atoms with E-state index in [1.54, 1.807) is 39.0 Å². The summed E-state index contributed by atoms with van der Waals surface area (Å²) in [6, 6.07) is 4.87. The predicted octanol–water partition coefficient (Wildman–Crippen LogP) is 1.27. The first kappa shape index (κ1) is 28.7. The van der Waals surface area contributed by atoms with Crippen molar-refractivity contribution in [1.82, 2.24) is 31.2 Å². The highest BCUT2D eigenvalue weighted by atomic mass is 16.2. The molecule has 11 nitrogen and oxygen atoms in total. The van der Waals surface area contributed by atoms with E-state index in [1.807, 2.05) is 19.9 Å². The molecule has 4 N–H and O–H groups in total. The summed E-state index contributed by atoms with van der Waals surface area (Å²) in [5.74, 6) is -3.63. The van der Waals surface area contributed by atoms with Crippen molar-refractivity contribution in [2.24, 2.45) is 11.8 Å². The topological polar surface area (TPSA) is 159 Å². The van der Waals surface area contributed by atoms with Crippen molar-refractivity contribution in [2.75, 3.05) is 6.54 Å². The monoisotopic (exact) mass is 524 g/mol. The molecule has 3 atom stereocenters. The van der Waals surface area contributed by atoms with Crippen molar-refractivity contribution in [2.45, 2.75) is 71.5 Å². The maximum atomic E-state index is 13.4. The minimum absolute atomic E-state index is 0.0210. The molecule has 204 valence electrons. The largest absolute Gasteiger partial charge is 0.356 e. The van der Waals surface area contributed by atoms with Crippen molar-refractivity contribution in [3.8, 4) is 0 Å². The normalized spacial score (nSPS) is 17.0. The number of aromatic nitrogens is 2. The summed E-state index contributed by atoms with van der Waals surface area (Å²) in [6.45, 7) is 9.46. The van der Waals surface area contributed by atoms with E-state index in [2.05, 4.69) is 31.2 Å². The van der Waals surface area contributed by atoms with Crippen molar-refractivity contribution >= 4 is 40.4 Å². The van der Waals surface area contributed by atoms with E-state index in [1.165, 1.54) is 6.20 Å². The van der Waals surface area contributed by atoms with Crippen LogP contribution in [-0.2, 0) is 19.2 Å². The summed E-state index contributed by atoms with van der Waals surface area (Å²) in [6.07, 6.45) is 2.08. The van der Waals surface area contributed by atoms with Gasteiger partial charge in [-0.1, -0.05) is 26.0 Å². The number of carbonyl (C=O) groups excluding carboxylic acids is 5. The number of hydrogen-bond donors (Lipinski definition) is 4. The summed E-state index contributed by atoms with van der Waals surface area (Å²) in [7, 11) is 0. The Labute approximate surface area is 221 Å². The van der Waals surface area contributed by atoms with Crippen molar-refractivity contribution in [1.29, 1.82) is 0 Å². The molecule has 2 aromatic rings. The number of fused-ring (bicyclic) bond motifs is 1. The number of rotatable bonds is 10. The molecule has 0 unspecified atom stereocenters. The third-order valence-electron chi connectivity index (χ3n) is 6.04. The van der Waals surface area contributed by atoms with E-state index >= 15 is 0 Å². The first-order valence-corrected chi connectivity index (χ1v) is 12.8. The van der Waals surface area contributed by atoms with E-state index in [0.29, 0.717) is 24.0 Å². The van der Waals surface area contributed by atoms with Crippen LogP contribution >= 0.6 is 0 Å². The van der Waals surface area contributed by atoms with Gasteiger partial charge in [-0.2, -0.15) is 0 Å². The number of para-hydroxylation sites is 2. The van der Waals surface area contributed by atoms with E-state index in [4.69, 9.17) is 0 Å². The van der Waals surface area contributed by atoms with Crippen LogP contribution in [0.2, 0.25) is 0 Å². The third-order valence-corrected chi connectivity index (χ3v) is 6.04. The van der Waals surface area contributed by atoms with Crippen LogP contribution in [0.15, 0.2) is 30.5 Å². The zero-order valence-electron chi connectivity index (χ0n) is 22.5. The van der Waals surface area contributed by atoms with Crippen molar-refractivity contribution in [3.05, 3.63) is 36.2 Å². The Morgan fingerprint density at radius 3 is 2.34 bits per heavy atom. The molecule has 0 spiro atoms. The summed E-state index contributed by atoms with van der Waals surface area (Å²) >= 11 is 0. The van der Waals surface area contributed by atoms with Gasteiger partial charge in [0.1, 0.15) is 11.7 Å². The Hall–Kier alpha value is -3.89. The van der Waals surface area contributed by atoms with E-state index in [9.17, 15) is 24.0 Å². The number of carbonyl (C=O) groups is 5. The summed E-state index contributed by atoms with van der Waals surface area (Å²) in [5.41, 5.74) is 0.549. The highest BCUT2D eigenvalue weighted by Crippen LogP contribution is 2.18. The van der Waals surface area contributed by atoms with Crippen LogP contribution in [0, 0.1) is 11.8 Å². The number of ketones is 1. The number of nitrogens with zero attached hydrogens (tertiary/aromatic N) is 2. The van der Waals surface area contributed by atoms with Gasteiger partial charge in [-0.25, -0.2) is 4.98 Å². The number of Topliss-reactive ketones (excluding diaryl/α,β-unsaturated/α-hetero) is 1. The lowest BCUT2D eigenvalue weighted by Gasteiger charge is -2.26. The van der Waals surface area contributed by atoms with Gasteiger partial charge in [0.25, 0.3) is 11.8 Å². The van der Waals surface area contributed by atoms with Crippen LogP contribution in [0.25, 0.3) is 11.0 Å². The molecule has 1 saturated heterocycles. The predicted molar refractivity (Wildman–Crippen MR) is 141 cm³/mol. The zero-order valence-corrected chi connectivity index (χ0v) is 22.5.